The van der Waals surface area contributed by atoms with Gasteiger partial charge < -0.3 is 0 Å². The van der Waals surface area contributed by atoms with Crippen molar-refractivity contribution in [1.82, 2.24) is 4.90 Å². The van der Waals surface area contributed by atoms with Crippen molar-refractivity contribution < 1.29 is 4.79 Å². The van der Waals surface area contributed by atoms with Crippen molar-refractivity contribution >= 4 is 5.78 Å². The zero-order chi connectivity index (χ0) is 10.4. The molecule has 0 amide bonds. The molecule has 0 saturated heterocycles. The lowest BCUT2D eigenvalue weighted by Crippen LogP contribution is -2.42. The molecular weight excluding hydrogens is 162 g/mol. The molecule has 78 valence electrons. The van der Waals surface area contributed by atoms with Crippen LogP contribution in [0.25, 0.3) is 0 Å². The van der Waals surface area contributed by atoms with Crippen LogP contribution in [0.3, 0.4) is 0 Å². The van der Waals surface area contributed by atoms with Crippen LogP contribution in [0.2, 0.25) is 0 Å². The number of rotatable bonds is 6. The van der Waals surface area contributed by atoms with E-state index in [9.17, 15) is 4.79 Å². The molecule has 0 rings (SSSR count). The molecule has 0 aromatic carbocycles. The molecule has 0 aliphatic carbocycles. The molecule has 2 heteroatoms. The van der Waals surface area contributed by atoms with Gasteiger partial charge in [0.1, 0.15) is 5.78 Å². The lowest BCUT2D eigenvalue weighted by atomic mass is 10.1. The smallest absolute Gasteiger partial charge is 0.149 e. The van der Waals surface area contributed by atoms with E-state index >= 15 is 0 Å². The largest absolute Gasteiger partial charge is 0.298 e. The number of nitrogens with zero attached hydrogens (tertiary/aromatic N) is 1. The zero-order valence-electron chi connectivity index (χ0n) is 9.63. The minimum atomic E-state index is 0.0786. The summed E-state index contributed by atoms with van der Waals surface area (Å²) in [6.45, 7) is 8.28. The first-order valence-electron chi connectivity index (χ1n) is 5.33. The fourth-order valence-electron chi connectivity index (χ4n) is 1.70. The van der Waals surface area contributed by atoms with E-state index in [1.807, 2.05) is 13.8 Å². The van der Waals surface area contributed by atoms with E-state index in [4.69, 9.17) is 0 Å². The van der Waals surface area contributed by atoms with Gasteiger partial charge in [0.05, 0.1) is 6.04 Å². The van der Waals surface area contributed by atoms with Crippen molar-refractivity contribution in [2.75, 3.05) is 7.05 Å². The van der Waals surface area contributed by atoms with Crippen LogP contribution in [0.15, 0.2) is 0 Å². The summed E-state index contributed by atoms with van der Waals surface area (Å²) in [5.41, 5.74) is 0. The molecule has 0 aliphatic heterocycles. The Labute approximate surface area is 82.3 Å². The average molecular weight is 185 g/mol. The zero-order valence-corrected chi connectivity index (χ0v) is 9.63. The molecule has 0 N–H and O–H groups in total. The molecule has 0 saturated carbocycles. The molecule has 0 aliphatic rings. The quantitative estimate of drug-likeness (QED) is 0.633. The van der Waals surface area contributed by atoms with E-state index in [1.165, 1.54) is 0 Å². The highest BCUT2D eigenvalue weighted by molar-refractivity contribution is 5.83. The number of hydrogen-bond donors (Lipinski definition) is 0. The predicted octanol–water partition coefficient (Wildman–Crippen LogP) is 2.47. The summed E-state index contributed by atoms with van der Waals surface area (Å²) in [6, 6.07) is 0.625. The van der Waals surface area contributed by atoms with Gasteiger partial charge in [0.25, 0.3) is 0 Å². The first-order valence-corrected chi connectivity index (χ1v) is 5.33. The number of likely N-dealkylation sites (N-methyl/N-ethyl adjacent to an activating group) is 1. The molecule has 0 heterocycles. The van der Waals surface area contributed by atoms with Crippen molar-refractivity contribution in [3.63, 3.8) is 0 Å². The van der Waals surface area contributed by atoms with Crippen LogP contribution >= 0.6 is 0 Å². The van der Waals surface area contributed by atoms with Crippen LogP contribution in [0.1, 0.15) is 47.0 Å². The van der Waals surface area contributed by atoms with Gasteiger partial charge in [-0.05, 0) is 26.8 Å². The van der Waals surface area contributed by atoms with E-state index in [0.717, 1.165) is 12.8 Å². The first kappa shape index (κ1) is 12.6. The summed E-state index contributed by atoms with van der Waals surface area (Å²) in [6.07, 6.45) is 2.88. The van der Waals surface area contributed by atoms with Gasteiger partial charge in [-0.2, -0.15) is 0 Å². The van der Waals surface area contributed by atoms with Crippen molar-refractivity contribution in [1.29, 1.82) is 0 Å². The molecule has 0 fully saturated rings. The Hall–Kier alpha value is -0.370. The SMILES string of the molecule is CCC(=O)C(C)N(C)C(CC)CC. The summed E-state index contributed by atoms with van der Waals surface area (Å²) >= 11 is 0. The van der Waals surface area contributed by atoms with Crippen LogP contribution in [-0.4, -0.2) is 29.8 Å². The van der Waals surface area contributed by atoms with Crippen molar-refractivity contribution in [2.24, 2.45) is 0 Å². The van der Waals surface area contributed by atoms with Crippen LogP contribution in [0.5, 0.6) is 0 Å². The van der Waals surface area contributed by atoms with E-state index in [2.05, 4.69) is 25.8 Å². The fourth-order valence-corrected chi connectivity index (χ4v) is 1.70. The first-order chi connectivity index (χ1) is 6.08. The van der Waals surface area contributed by atoms with Crippen molar-refractivity contribution in [3.05, 3.63) is 0 Å². The summed E-state index contributed by atoms with van der Waals surface area (Å²) in [5.74, 6) is 0.342. The van der Waals surface area contributed by atoms with Crippen molar-refractivity contribution in [2.45, 2.75) is 59.0 Å². The molecule has 1 atom stereocenters. The second-order valence-electron chi connectivity index (χ2n) is 3.63. The molecular formula is C11H23NO. The monoisotopic (exact) mass is 185 g/mol. The predicted molar refractivity (Wildman–Crippen MR) is 56.9 cm³/mol. The Morgan fingerprint density at radius 3 is 2.00 bits per heavy atom. The maximum Gasteiger partial charge on any atom is 0.149 e. The standard InChI is InChI=1S/C11H23NO/c1-6-10(7-2)12(5)9(4)11(13)8-3/h9-10H,6-8H2,1-5H3. The second kappa shape index (κ2) is 6.14. The van der Waals surface area contributed by atoms with Gasteiger partial charge >= 0.3 is 0 Å². The highest BCUT2D eigenvalue weighted by Gasteiger charge is 2.20. The minimum absolute atomic E-state index is 0.0786. The second-order valence-corrected chi connectivity index (χ2v) is 3.63. The van der Waals surface area contributed by atoms with Gasteiger partial charge in [0.2, 0.25) is 0 Å². The van der Waals surface area contributed by atoms with E-state index in [0.29, 0.717) is 18.2 Å². The van der Waals surface area contributed by atoms with E-state index in [1.54, 1.807) is 0 Å². The maximum absolute atomic E-state index is 11.4. The Morgan fingerprint density at radius 1 is 1.23 bits per heavy atom. The van der Waals surface area contributed by atoms with Gasteiger partial charge in [-0.15, -0.1) is 0 Å². The summed E-state index contributed by atoms with van der Waals surface area (Å²) in [5, 5.41) is 0. The topological polar surface area (TPSA) is 20.3 Å². The Bertz CT molecular complexity index is 152. The van der Waals surface area contributed by atoms with Gasteiger partial charge in [-0.1, -0.05) is 20.8 Å². The molecule has 0 bridgehead atoms. The third kappa shape index (κ3) is 3.47. The summed E-state index contributed by atoms with van der Waals surface area (Å²) < 4.78 is 0. The molecule has 0 aromatic heterocycles. The number of carbonyl (C=O) groups excluding carboxylic acids is 1. The molecule has 0 aromatic rings. The third-order valence-corrected chi connectivity index (χ3v) is 2.94. The van der Waals surface area contributed by atoms with Gasteiger partial charge in [0.15, 0.2) is 0 Å². The van der Waals surface area contributed by atoms with Crippen LogP contribution in [0, 0.1) is 0 Å². The molecule has 13 heavy (non-hydrogen) atoms. The molecule has 0 spiro atoms. The average Bonchev–Trinajstić information content (AvgIpc) is 2.17. The maximum atomic E-state index is 11.4. The molecule has 1 unspecified atom stereocenters. The summed E-state index contributed by atoms with van der Waals surface area (Å²) in [7, 11) is 2.05. The number of hydrogen-bond acceptors (Lipinski definition) is 2. The third-order valence-electron chi connectivity index (χ3n) is 2.94. The number of Topliss-reactive ketones (excluding diaryl/α,β-unsaturated/α-hetero) is 1. The van der Waals surface area contributed by atoms with E-state index < -0.39 is 0 Å². The molecule has 0 radical (unpaired) electrons. The lowest BCUT2D eigenvalue weighted by Gasteiger charge is -2.30. The number of ketones is 1. The van der Waals surface area contributed by atoms with Gasteiger partial charge in [0, 0.05) is 12.5 Å². The van der Waals surface area contributed by atoms with Gasteiger partial charge in [-0.3, -0.25) is 9.69 Å². The fraction of sp³-hybridized carbons (Fsp3) is 0.909. The minimum Gasteiger partial charge on any atom is -0.298 e. The van der Waals surface area contributed by atoms with Crippen LogP contribution in [0.4, 0.5) is 0 Å². The van der Waals surface area contributed by atoms with E-state index in [-0.39, 0.29) is 6.04 Å². The Morgan fingerprint density at radius 2 is 1.69 bits per heavy atom. The summed E-state index contributed by atoms with van der Waals surface area (Å²) in [4.78, 5) is 13.6. The highest BCUT2D eigenvalue weighted by Crippen LogP contribution is 2.11. The van der Waals surface area contributed by atoms with Crippen molar-refractivity contribution in [3.8, 4) is 0 Å². The van der Waals surface area contributed by atoms with Gasteiger partial charge in [-0.25, -0.2) is 0 Å². The highest BCUT2D eigenvalue weighted by atomic mass is 16.1. The van der Waals surface area contributed by atoms with Crippen LogP contribution < -0.4 is 0 Å². The van der Waals surface area contributed by atoms with Crippen LogP contribution in [-0.2, 0) is 4.79 Å². The molecule has 2 nitrogen and oxygen atoms in total. The normalized spacial score (nSPS) is 13.8. The number of carbonyl (C=O) groups is 1. The lowest BCUT2D eigenvalue weighted by molar-refractivity contribution is -0.123. The Kier molecular flexibility index (Phi) is 5.97. The Balaban J connectivity index is 4.21.